The Balaban J connectivity index is 2.94. The fourth-order valence-corrected chi connectivity index (χ4v) is 2.20. The highest BCUT2D eigenvalue weighted by atomic mass is 79.9. The first-order chi connectivity index (χ1) is 11.0. The Morgan fingerprint density at radius 1 is 1.33 bits per heavy atom. The van der Waals surface area contributed by atoms with E-state index in [1.165, 1.54) is 18.2 Å². The maximum atomic E-state index is 12.5. The van der Waals surface area contributed by atoms with Gasteiger partial charge in [0.1, 0.15) is 17.4 Å². The van der Waals surface area contributed by atoms with Gasteiger partial charge in [0, 0.05) is 10.9 Å². The van der Waals surface area contributed by atoms with Crippen LogP contribution in [0.2, 0.25) is 0 Å². The van der Waals surface area contributed by atoms with Gasteiger partial charge in [-0.3, -0.25) is 0 Å². The molecule has 2 N–H and O–H groups in total. The van der Waals surface area contributed by atoms with E-state index in [0.29, 0.717) is 4.47 Å². The fourth-order valence-electron chi connectivity index (χ4n) is 1.79. The van der Waals surface area contributed by atoms with E-state index in [-0.39, 0.29) is 17.7 Å². The van der Waals surface area contributed by atoms with Crippen molar-refractivity contribution in [2.24, 2.45) is 0 Å². The number of rotatable bonds is 6. The molecule has 0 aromatic heterocycles. The van der Waals surface area contributed by atoms with Crippen LogP contribution in [0.1, 0.15) is 26.3 Å². The van der Waals surface area contributed by atoms with Crippen LogP contribution in [0.5, 0.6) is 5.75 Å². The Morgan fingerprint density at radius 2 is 1.96 bits per heavy atom. The van der Waals surface area contributed by atoms with Crippen LogP contribution in [-0.2, 0) is 16.0 Å². The first-order valence-corrected chi connectivity index (χ1v) is 7.73. The monoisotopic (exact) mass is 409 g/mol. The largest absolute Gasteiger partial charge is 0.480 e. The van der Waals surface area contributed by atoms with Crippen molar-refractivity contribution in [3.05, 3.63) is 28.2 Å². The first-order valence-electron chi connectivity index (χ1n) is 6.93. The number of halogens is 3. The van der Waals surface area contributed by atoms with Gasteiger partial charge in [-0.15, -0.1) is 0 Å². The van der Waals surface area contributed by atoms with Crippen molar-refractivity contribution in [3.8, 4) is 5.75 Å². The zero-order chi connectivity index (χ0) is 18.5. The summed E-state index contributed by atoms with van der Waals surface area (Å²) in [5, 5.41) is 11.5. The van der Waals surface area contributed by atoms with Crippen LogP contribution < -0.4 is 10.1 Å². The fraction of sp³-hybridized carbons (Fsp3) is 0.467. The second-order valence-corrected chi connectivity index (χ2v) is 6.79. The number of amides is 1. The van der Waals surface area contributed by atoms with Crippen LogP contribution in [0.4, 0.5) is 13.6 Å². The predicted molar refractivity (Wildman–Crippen MR) is 85.3 cm³/mol. The molecule has 1 unspecified atom stereocenters. The van der Waals surface area contributed by atoms with Crippen molar-refractivity contribution in [2.75, 3.05) is 0 Å². The van der Waals surface area contributed by atoms with Crippen molar-refractivity contribution in [2.45, 2.75) is 45.4 Å². The molecule has 0 aliphatic rings. The van der Waals surface area contributed by atoms with Gasteiger partial charge in [-0.05, 0) is 44.5 Å². The standard InChI is InChI=1S/C15H18BrF2NO5/c1-15(2,3)24-14(22)19-10(12(20)21)7-8-6-9(16)4-5-11(8)23-13(17)18/h4-6,10,13H,7H2,1-3H3,(H,19,22)(H,20,21). The lowest BCUT2D eigenvalue weighted by molar-refractivity contribution is -0.139. The molecule has 0 heterocycles. The minimum absolute atomic E-state index is 0.162. The van der Waals surface area contributed by atoms with E-state index >= 15 is 0 Å². The van der Waals surface area contributed by atoms with E-state index in [0.717, 1.165) is 0 Å². The zero-order valence-electron chi connectivity index (χ0n) is 13.3. The molecule has 0 bridgehead atoms. The van der Waals surface area contributed by atoms with Gasteiger partial charge in [0.05, 0.1) is 0 Å². The lowest BCUT2D eigenvalue weighted by atomic mass is 10.1. The maximum absolute atomic E-state index is 12.5. The summed E-state index contributed by atoms with van der Waals surface area (Å²) < 4.78 is 34.8. The molecule has 1 aromatic carbocycles. The van der Waals surface area contributed by atoms with Crippen molar-refractivity contribution in [1.82, 2.24) is 5.32 Å². The minimum Gasteiger partial charge on any atom is -0.480 e. The first kappa shape index (κ1) is 20.1. The Bertz CT molecular complexity index is 604. The van der Waals surface area contributed by atoms with Crippen LogP contribution in [0.15, 0.2) is 22.7 Å². The number of alkyl carbamates (subject to hydrolysis) is 1. The van der Waals surface area contributed by atoms with Gasteiger partial charge in [-0.2, -0.15) is 8.78 Å². The molecule has 1 aromatic rings. The van der Waals surface area contributed by atoms with Crippen LogP contribution in [0.3, 0.4) is 0 Å². The Labute approximate surface area is 146 Å². The van der Waals surface area contributed by atoms with Crippen LogP contribution in [-0.4, -0.2) is 35.4 Å². The molecule has 9 heteroatoms. The van der Waals surface area contributed by atoms with Crippen LogP contribution in [0, 0.1) is 0 Å². The number of carboxylic acid groups (broad SMARTS) is 1. The van der Waals surface area contributed by atoms with E-state index in [1.807, 2.05) is 0 Å². The molecule has 24 heavy (non-hydrogen) atoms. The number of carbonyl (C=O) groups excluding carboxylic acids is 1. The molecule has 0 saturated heterocycles. The molecule has 0 spiro atoms. The average molecular weight is 410 g/mol. The highest BCUT2D eigenvalue weighted by Crippen LogP contribution is 2.26. The third kappa shape index (κ3) is 7.12. The van der Waals surface area contributed by atoms with Crippen molar-refractivity contribution >= 4 is 28.0 Å². The molecule has 0 aliphatic heterocycles. The number of benzene rings is 1. The third-order valence-corrected chi connectivity index (χ3v) is 3.14. The van der Waals surface area contributed by atoms with E-state index in [9.17, 15) is 23.5 Å². The van der Waals surface area contributed by atoms with Crippen molar-refractivity contribution in [1.29, 1.82) is 0 Å². The van der Waals surface area contributed by atoms with Gasteiger partial charge in [0.15, 0.2) is 0 Å². The number of nitrogens with one attached hydrogen (secondary N) is 1. The number of carboxylic acids is 1. The topological polar surface area (TPSA) is 84.9 Å². The Morgan fingerprint density at radius 3 is 2.46 bits per heavy atom. The van der Waals surface area contributed by atoms with Gasteiger partial charge in [-0.1, -0.05) is 15.9 Å². The lowest BCUT2D eigenvalue weighted by Crippen LogP contribution is -2.44. The Kier molecular flexibility index (Phi) is 6.94. The normalized spacial score (nSPS) is 12.6. The highest BCUT2D eigenvalue weighted by Gasteiger charge is 2.25. The molecule has 0 saturated carbocycles. The molecule has 1 rings (SSSR count). The smallest absolute Gasteiger partial charge is 0.408 e. The van der Waals surface area contributed by atoms with Gasteiger partial charge in [0.2, 0.25) is 0 Å². The van der Waals surface area contributed by atoms with E-state index in [1.54, 1.807) is 20.8 Å². The number of aliphatic carboxylic acids is 1. The Hall–Kier alpha value is -1.90. The van der Waals surface area contributed by atoms with Crippen molar-refractivity contribution < 1.29 is 33.0 Å². The molecule has 6 nitrogen and oxygen atoms in total. The van der Waals surface area contributed by atoms with E-state index in [2.05, 4.69) is 26.0 Å². The van der Waals surface area contributed by atoms with Gasteiger partial charge < -0.3 is 19.9 Å². The summed E-state index contributed by atoms with van der Waals surface area (Å²) in [6.45, 7) is 1.84. The SMILES string of the molecule is CC(C)(C)OC(=O)NC(Cc1cc(Br)ccc1OC(F)F)C(=O)O. The summed E-state index contributed by atoms with van der Waals surface area (Å²) >= 11 is 3.18. The highest BCUT2D eigenvalue weighted by molar-refractivity contribution is 9.10. The molecule has 0 radical (unpaired) electrons. The zero-order valence-corrected chi connectivity index (χ0v) is 14.9. The summed E-state index contributed by atoms with van der Waals surface area (Å²) in [4.78, 5) is 23.1. The molecule has 134 valence electrons. The quantitative estimate of drug-likeness (QED) is 0.749. The van der Waals surface area contributed by atoms with E-state index in [4.69, 9.17) is 4.74 Å². The number of hydrogen-bond acceptors (Lipinski definition) is 4. The third-order valence-electron chi connectivity index (χ3n) is 2.65. The van der Waals surface area contributed by atoms with Gasteiger partial charge in [0.25, 0.3) is 0 Å². The van der Waals surface area contributed by atoms with E-state index < -0.39 is 30.3 Å². The van der Waals surface area contributed by atoms with Crippen molar-refractivity contribution in [3.63, 3.8) is 0 Å². The summed E-state index contributed by atoms with van der Waals surface area (Å²) in [6.07, 6.45) is -1.17. The molecule has 0 aliphatic carbocycles. The summed E-state index contributed by atoms with van der Waals surface area (Å²) in [5.41, 5.74) is -0.597. The predicted octanol–water partition coefficient (Wildman–Crippen LogP) is 3.57. The summed E-state index contributed by atoms with van der Waals surface area (Å²) in [6, 6.07) is 2.86. The van der Waals surface area contributed by atoms with Crippen LogP contribution >= 0.6 is 15.9 Å². The molecule has 0 fully saturated rings. The maximum Gasteiger partial charge on any atom is 0.408 e. The van der Waals surface area contributed by atoms with Gasteiger partial charge in [-0.25, -0.2) is 9.59 Å². The number of ether oxygens (including phenoxy) is 2. The summed E-state index contributed by atoms with van der Waals surface area (Å²) in [5.74, 6) is -1.49. The average Bonchev–Trinajstić information content (AvgIpc) is 2.38. The molecule has 1 atom stereocenters. The number of hydrogen-bond donors (Lipinski definition) is 2. The second-order valence-electron chi connectivity index (χ2n) is 5.87. The lowest BCUT2D eigenvalue weighted by Gasteiger charge is -2.22. The van der Waals surface area contributed by atoms with Crippen LogP contribution in [0.25, 0.3) is 0 Å². The minimum atomic E-state index is -3.05. The molecular weight excluding hydrogens is 392 g/mol. The summed E-state index contributed by atoms with van der Waals surface area (Å²) in [7, 11) is 0. The molecule has 1 amide bonds. The number of alkyl halides is 2. The number of carbonyl (C=O) groups is 2. The van der Waals surface area contributed by atoms with Gasteiger partial charge >= 0.3 is 18.7 Å². The molecular formula is C15H18BrF2NO5. The second kappa shape index (κ2) is 8.27.